The van der Waals surface area contributed by atoms with Crippen LogP contribution in [0.5, 0.6) is 0 Å². The van der Waals surface area contributed by atoms with E-state index in [0.717, 1.165) is 12.5 Å². The van der Waals surface area contributed by atoms with Gasteiger partial charge in [0.15, 0.2) is 0 Å². The molecule has 0 aliphatic carbocycles. The van der Waals surface area contributed by atoms with E-state index in [-0.39, 0.29) is 0 Å². The van der Waals surface area contributed by atoms with Crippen molar-refractivity contribution in [2.75, 3.05) is 65.4 Å². The van der Waals surface area contributed by atoms with Gasteiger partial charge in [-0.15, -0.1) is 0 Å². The average Bonchev–Trinajstić information content (AvgIpc) is 2.49. The van der Waals surface area contributed by atoms with E-state index in [1.165, 1.54) is 71.7 Å². The molecule has 4 heteroatoms. The van der Waals surface area contributed by atoms with Crippen LogP contribution in [0.1, 0.15) is 33.6 Å². The van der Waals surface area contributed by atoms with Crippen LogP contribution in [0.3, 0.4) is 0 Å². The normalized spacial score (nSPS) is 24.0. The van der Waals surface area contributed by atoms with E-state index in [2.05, 4.69) is 40.8 Å². The molecule has 0 radical (unpaired) electrons. The van der Waals surface area contributed by atoms with Gasteiger partial charge in [0.25, 0.3) is 0 Å². The molecule has 0 aromatic carbocycles. The number of nitrogens with zero attached hydrogens (tertiary/aromatic N) is 3. The Balaban J connectivity index is 1.57. The van der Waals surface area contributed by atoms with Gasteiger partial charge in [0.05, 0.1) is 0 Å². The molecule has 0 spiro atoms. The lowest BCUT2D eigenvalue weighted by Gasteiger charge is -2.38. The minimum absolute atomic E-state index is 0.615. The van der Waals surface area contributed by atoms with Crippen molar-refractivity contribution in [3.8, 4) is 0 Å². The van der Waals surface area contributed by atoms with Gasteiger partial charge in [-0.1, -0.05) is 20.8 Å². The number of nitrogens with one attached hydrogen (secondary N) is 1. The Labute approximate surface area is 131 Å². The van der Waals surface area contributed by atoms with E-state index < -0.39 is 0 Å². The van der Waals surface area contributed by atoms with Crippen molar-refractivity contribution in [3.05, 3.63) is 0 Å². The number of piperidine rings is 1. The molecular formula is C17H36N4. The summed E-state index contributed by atoms with van der Waals surface area (Å²) >= 11 is 0. The highest BCUT2D eigenvalue weighted by molar-refractivity contribution is 4.78. The summed E-state index contributed by atoms with van der Waals surface area (Å²) in [5.74, 6) is 0.937. The molecule has 2 fully saturated rings. The van der Waals surface area contributed by atoms with Gasteiger partial charge >= 0.3 is 0 Å². The molecule has 4 nitrogen and oxygen atoms in total. The van der Waals surface area contributed by atoms with Crippen LogP contribution in [-0.4, -0.2) is 86.2 Å². The van der Waals surface area contributed by atoms with Crippen molar-refractivity contribution >= 4 is 0 Å². The quantitative estimate of drug-likeness (QED) is 0.765. The molecule has 0 saturated carbocycles. The summed E-state index contributed by atoms with van der Waals surface area (Å²) in [4.78, 5) is 7.91. The monoisotopic (exact) mass is 296 g/mol. The fraction of sp³-hybridized carbons (Fsp3) is 1.00. The summed E-state index contributed by atoms with van der Waals surface area (Å²) in [5, 5.41) is 3.52. The first kappa shape index (κ1) is 17.2. The predicted octanol–water partition coefficient (Wildman–Crippen LogP) is 1.33. The standard InChI is InChI=1S/C17H36N4/c1-4-19-11-13-21(14-12-19)15-17-5-8-20(9-6-17)10-7-18-16(2)3/h16-18H,4-15H2,1-3H3. The number of likely N-dealkylation sites (N-methyl/N-ethyl adjacent to an activating group) is 1. The zero-order chi connectivity index (χ0) is 15.1. The van der Waals surface area contributed by atoms with E-state index in [9.17, 15) is 0 Å². The first-order valence-corrected chi connectivity index (χ1v) is 9.07. The lowest BCUT2D eigenvalue weighted by atomic mass is 9.96. The highest BCUT2D eigenvalue weighted by Crippen LogP contribution is 2.18. The Morgan fingerprint density at radius 1 is 0.905 bits per heavy atom. The van der Waals surface area contributed by atoms with Crippen LogP contribution in [0.15, 0.2) is 0 Å². The molecule has 0 amide bonds. The van der Waals surface area contributed by atoms with Crippen LogP contribution in [-0.2, 0) is 0 Å². The molecular weight excluding hydrogens is 260 g/mol. The summed E-state index contributed by atoms with van der Waals surface area (Å²) in [6.45, 7) is 19.4. The number of rotatable bonds is 7. The second-order valence-corrected chi connectivity index (χ2v) is 7.13. The van der Waals surface area contributed by atoms with E-state index in [1.807, 2.05) is 0 Å². The molecule has 2 saturated heterocycles. The van der Waals surface area contributed by atoms with Gasteiger partial charge in [0.1, 0.15) is 0 Å². The Bertz CT molecular complexity index is 266. The molecule has 1 N–H and O–H groups in total. The zero-order valence-electron chi connectivity index (χ0n) is 14.5. The second kappa shape index (κ2) is 9.09. The average molecular weight is 297 g/mol. The highest BCUT2D eigenvalue weighted by atomic mass is 15.3. The summed E-state index contributed by atoms with van der Waals surface area (Å²) in [7, 11) is 0. The fourth-order valence-corrected chi connectivity index (χ4v) is 3.56. The van der Waals surface area contributed by atoms with Crippen molar-refractivity contribution in [3.63, 3.8) is 0 Å². The third kappa shape index (κ3) is 6.23. The largest absolute Gasteiger partial charge is 0.313 e. The smallest absolute Gasteiger partial charge is 0.0110 e. The highest BCUT2D eigenvalue weighted by Gasteiger charge is 2.23. The van der Waals surface area contributed by atoms with Gasteiger partial charge in [0, 0.05) is 51.9 Å². The van der Waals surface area contributed by atoms with Crippen LogP contribution < -0.4 is 5.32 Å². The molecule has 21 heavy (non-hydrogen) atoms. The molecule has 2 heterocycles. The Hall–Kier alpha value is -0.160. The summed E-state index contributed by atoms with van der Waals surface area (Å²) in [6, 6.07) is 0.615. The third-order valence-corrected chi connectivity index (χ3v) is 5.12. The Morgan fingerprint density at radius 3 is 2.10 bits per heavy atom. The van der Waals surface area contributed by atoms with Crippen molar-refractivity contribution in [1.82, 2.24) is 20.0 Å². The number of piperazine rings is 1. The molecule has 2 aliphatic heterocycles. The summed E-state index contributed by atoms with van der Waals surface area (Å²) < 4.78 is 0. The minimum Gasteiger partial charge on any atom is -0.313 e. The van der Waals surface area contributed by atoms with Gasteiger partial charge in [-0.2, -0.15) is 0 Å². The number of likely N-dealkylation sites (tertiary alicyclic amines) is 1. The van der Waals surface area contributed by atoms with Crippen LogP contribution in [0.4, 0.5) is 0 Å². The fourth-order valence-electron chi connectivity index (χ4n) is 3.56. The molecule has 2 rings (SSSR count). The van der Waals surface area contributed by atoms with Gasteiger partial charge in [0.2, 0.25) is 0 Å². The lowest BCUT2D eigenvalue weighted by molar-refractivity contribution is 0.0977. The van der Waals surface area contributed by atoms with Gasteiger partial charge in [-0.3, -0.25) is 0 Å². The molecule has 0 unspecified atom stereocenters. The van der Waals surface area contributed by atoms with Crippen LogP contribution in [0, 0.1) is 5.92 Å². The minimum atomic E-state index is 0.615. The predicted molar refractivity (Wildman–Crippen MR) is 90.9 cm³/mol. The zero-order valence-corrected chi connectivity index (χ0v) is 14.5. The van der Waals surface area contributed by atoms with E-state index in [4.69, 9.17) is 0 Å². The van der Waals surface area contributed by atoms with Crippen molar-refractivity contribution in [2.24, 2.45) is 5.92 Å². The lowest BCUT2D eigenvalue weighted by Crippen LogP contribution is -2.48. The molecule has 2 aliphatic rings. The second-order valence-electron chi connectivity index (χ2n) is 7.13. The number of hydrogen-bond donors (Lipinski definition) is 1. The van der Waals surface area contributed by atoms with Gasteiger partial charge in [-0.05, 0) is 38.4 Å². The maximum atomic E-state index is 3.52. The maximum Gasteiger partial charge on any atom is 0.0110 e. The van der Waals surface area contributed by atoms with E-state index in [0.29, 0.717) is 6.04 Å². The Kier molecular flexibility index (Phi) is 7.44. The third-order valence-electron chi connectivity index (χ3n) is 5.12. The van der Waals surface area contributed by atoms with Crippen LogP contribution in [0.25, 0.3) is 0 Å². The first-order valence-electron chi connectivity index (χ1n) is 9.07. The topological polar surface area (TPSA) is 21.8 Å². The van der Waals surface area contributed by atoms with E-state index >= 15 is 0 Å². The summed E-state index contributed by atoms with van der Waals surface area (Å²) in [5.41, 5.74) is 0. The first-order chi connectivity index (χ1) is 10.2. The van der Waals surface area contributed by atoms with E-state index in [1.54, 1.807) is 0 Å². The van der Waals surface area contributed by atoms with Crippen LogP contribution >= 0.6 is 0 Å². The Morgan fingerprint density at radius 2 is 1.52 bits per heavy atom. The molecule has 0 atom stereocenters. The maximum absolute atomic E-state index is 3.52. The molecule has 0 aromatic heterocycles. The molecule has 124 valence electrons. The molecule has 0 aromatic rings. The number of hydrogen-bond acceptors (Lipinski definition) is 4. The summed E-state index contributed by atoms with van der Waals surface area (Å²) in [6.07, 6.45) is 2.80. The van der Waals surface area contributed by atoms with Crippen molar-refractivity contribution in [1.29, 1.82) is 0 Å². The van der Waals surface area contributed by atoms with Crippen molar-refractivity contribution in [2.45, 2.75) is 39.7 Å². The SMILES string of the molecule is CCN1CCN(CC2CCN(CCNC(C)C)CC2)CC1. The van der Waals surface area contributed by atoms with Gasteiger partial charge in [-0.25, -0.2) is 0 Å². The van der Waals surface area contributed by atoms with Gasteiger partial charge < -0.3 is 20.0 Å². The van der Waals surface area contributed by atoms with Crippen molar-refractivity contribution < 1.29 is 0 Å². The van der Waals surface area contributed by atoms with Crippen LogP contribution in [0.2, 0.25) is 0 Å². The molecule has 0 bridgehead atoms.